The van der Waals surface area contributed by atoms with Crippen molar-refractivity contribution in [2.24, 2.45) is 33.5 Å². The van der Waals surface area contributed by atoms with Crippen LogP contribution >= 0.6 is 0 Å². The van der Waals surface area contributed by atoms with Gasteiger partial charge in [0.25, 0.3) is 0 Å². The number of nitrogens with zero attached hydrogens (tertiary/aromatic N) is 6. The standard InChI is InChI=1S/C24H33N7O3.C14H25N3O.C12H17N3O2.C3H8/c1-3-20-21(26-4-2)29-24(34)31(20)18-9-12-30(13-10-18)23(33)28-19-8-7-17(15-27-22(19)32)16-6-5-11-25-14-16;1-10(2)8-11(6-7-15)12-4-5-13(16-3)14(18)17-9-12;1-3-11-9(2)13-12(17)15(11)10-4-6-14(8-16)7-5-10;1-3-2/h3-4,6,14,17-19H,1,5,7-13,15H2,2H3,(H,27,32)(H,28,33)(H,29,34);6-8,10,12-13,16H,4-5,9,15H2,1-3H3,(H,17,18);3,8,10H,1,4-7H2,2H3,(H,13,17);3H2,1-2H3/b26-4-;7-6-,11-8+;;/t17?,19-;12?,13-;;/m11../s1. The number of likely N-dealkylation sites (N-methyl/N-ethyl adjacent to an activating group) is 1. The van der Waals surface area contributed by atoms with Gasteiger partial charge in [0.05, 0.1) is 17.4 Å². The smallest absolute Gasteiger partial charge is 0.327 e. The summed E-state index contributed by atoms with van der Waals surface area (Å²) in [6, 6.07) is -0.745. The summed E-state index contributed by atoms with van der Waals surface area (Å²) in [5, 5.41) is 11.9. The van der Waals surface area contributed by atoms with Gasteiger partial charge in [0.1, 0.15) is 6.04 Å². The molecule has 0 spiro atoms. The number of imidazole rings is 2. The molecule has 2 aromatic rings. The van der Waals surface area contributed by atoms with Crippen LogP contribution in [0.3, 0.4) is 0 Å². The van der Waals surface area contributed by atoms with Gasteiger partial charge in [0.15, 0.2) is 5.82 Å². The van der Waals surface area contributed by atoms with Crippen LogP contribution in [0, 0.1) is 24.7 Å². The summed E-state index contributed by atoms with van der Waals surface area (Å²) < 4.78 is 3.46. The first kappa shape index (κ1) is 58.1. The zero-order chi connectivity index (χ0) is 52.7. The maximum absolute atomic E-state index is 12.9. The number of urea groups is 1. The number of aliphatic imine (C=N–C) groups is 2. The van der Waals surface area contributed by atoms with Crippen molar-refractivity contribution in [2.45, 2.75) is 130 Å². The molecular weight excluding hydrogens is 915 g/mol. The molecule has 4 fully saturated rings. The number of allylic oxidation sites excluding steroid dienone is 2. The summed E-state index contributed by atoms with van der Waals surface area (Å²) in [5.74, 6) is 1.52. The van der Waals surface area contributed by atoms with Crippen LogP contribution in [-0.2, 0) is 14.4 Å². The average molecular weight is 998 g/mol. The Bertz CT molecular complexity index is 2380. The van der Waals surface area contributed by atoms with Gasteiger partial charge < -0.3 is 41.8 Å². The molecule has 5 aliphatic rings. The summed E-state index contributed by atoms with van der Waals surface area (Å²) >= 11 is 0. The van der Waals surface area contributed by atoms with Crippen LogP contribution in [0.1, 0.15) is 128 Å². The summed E-state index contributed by atoms with van der Waals surface area (Å²) in [4.78, 5) is 89.9. The van der Waals surface area contributed by atoms with Gasteiger partial charge in [-0.25, -0.2) is 19.4 Å². The van der Waals surface area contributed by atoms with Crippen LogP contribution in [0.5, 0.6) is 0 Å². The molecule has 19 nitrogen and oxygen atoms in total. The Morgan fingerprint density at radius 1 is 0.875 bits per heavy atom. The highest BCUT2D eigenvalue weighted by atomic mass is 16.2. The van der Waals surface area contributed by atoms with E-state index in [2.05, 4.69) is 94.2 Å². The quantitative estimate of drug-likeness (QED) is 0.0791. The van der Waals surface area contributed by atoms with E-state index >= 15 is 0 Å². The van der Waals surface area contributed by atoms with Crippen molar-refractivity contribution in [3.05, 3.63) is 86.8 Å². The topological polar surface area (TPSA) is 249 Å². The lowest BCUT2D eigenvalue weighted by molar-refractivity contribution is -0.123. The zero-order valence-corrected chi connectivity index (χ0v) is 43.9. The number of hydrogen-bond donors (Lipinski definition) is 7. The molecule has 396 valence electrons. The van der Waals surface area contributed by atoms with Crippen LogP contribution in [0.25, 0.3) is 12.2 Å². The summed E-state index contributed by atoms with van der Waals surface area (Å²) in [6.07, 6.45) is 24.0. The number of carbonyl (C=O) groups excluding carboxylic acids is 4. The first-order valence-electron chi connectivity index (χ1n) is 25.8. The second-order valence-electron chi connectivity index (χ2n) is 19.1. The Kier molecular flexibility index (Phi) is 24.0. The van der Waals surface area contributed by atoms with E-state index in [0.29, 0.717) is 81.9 Å². The van der Waals surface area contributed by atoms with Crippen molar-refractivity contribution in [3.63, 3.8) is 0 Å². The molecule has 4 atom stereocenters. The Balaban J connectivity index is 0.000000249. The number of likely N-dealkylation sites (tertiary alicyclic amines) is 2. The number of aryl methyl sites for hydroxylation is 1. The number of nitrogens with two attached hydrogens (primary N) is 1. The lowest BCUT2D eigenvalue weighted by Gasteiger charge is -2.33. The van der Waals surface area contributed by atoms with Crippen molar-refractivity contribution < 1.29 is 19.2 Å². The Morgan fingerprint density at radius 3 is 2.04 bits per heavy atom. The third-order valence-corrected chi connectivity index (χ3v) is 13.4. The zero-order valence-electron chi connectivity index (χ0n) is 43.9. The predicted molar refractivity (Wildman–Crippen MR) is 290 cm³/mol. The Morgan fingerprint density at radius 2 is 1.47 bits per heavy atom. The van der Waals surface area contributed by atoms with Crippen LogP contribution in [-0.4, -0.2) is 131 Å². The lowest BCUT2D eigenvalue weighted by Crippen LogP contribution is -2.52. The van der Waals surface area contributed by atoms with E-state index in [0.717, 1.165) is 62.9 Å². The minimum Gasteiger partial charge on any atom is -0.405 e. The van der Waals surface area contributed by atoms with E-state index in [9.17, 15) is 28.8 Å². The highest BCUT2D eigenvalue weighted by Crippen LogP contribution is 2.28. The SMILES string of the molecule is C=Cc1c(/N=C\C)[nH]c(=O)n1C1CCN(C(=O)N[C@@H]2CCC(C3=CCCN=C3)CNC2=O)CC1.C=Cc1c(C)[nH]c(=O)n1C1CCN(C=O)CC1.CCC.CN[C@@H]1CCC(C(/C=C\N)=C/C(C)C)CNC1=O. The van der Waals surface area contributed by atoms with Gasteiger partial charge in [-0.3, -0.25) is 33.5 Å². The molecule has 72 heavy (non-hydrogen) atoms. The third kappa shape index (κ3) is 16.3. The molecule has 2 aromatic heterocycles. The minimum absolute atomic E-state index is 0.0472. The molecule has 5 aliphatic heterocycles. The first-order chi connectivity index (χ1) is 34.7. The van der Waals surface area contributed by atoms with Crippen molar-refractivity contribution in [2.75, 3.05) is 52.9 Å². The number of piperidine rings is 2. The molecule has 7 heterocycles. The fraction of sp³-hybridized carbons (Fsp3) is 0.585. The van der Waals surface area contributed by atoms with Crippen molar-refractivity contribution in [3.8, 4) is 0 Å². The number of nitrogens with one attached hydrogen (secondary N) is 6. The van der Waals surface area contributed by atoms with E-state index in [1.807, 2.05) is 26.3 Å². The number of hydrogen-bond acceptors (Lipinski definition) is 10. The van der Waals surface area contributed by atoms with Gasteiger partial charge in [-0.05, 0) is 120 Å². The fourth-order valence-electron chi connectivity index (χ4n) is 9.74. The Labute approximate surface area is 425 Å². The molecular formula is C53H83N13O6. The summed E-state index contributed by atoms with van der Waals surface area (Å²) in [6.45, 7) is 24.3. The second-order valence-corrected chi connectivity index (χ2v) is 19.1. The Hall–Kier alpha value is -6.50. The van der Waals surface area contributed by atoms with Crippen molar-refractivity contribution >= 4 is 54.7 Å². The normalized spacial score (nSPS) is 22.2. The molecule has 0 aliphatic carbocycles. The maximum Gasteiger partial charge on any atom is 0.327 e. The first-order valence-corrected chi connectivity index (χ1v) is 25.8. The number of rotatable bonds is 12. The maximum atomic E-state index is 12.9. The summed E-state index contributed by atoms with van der Waals surface area (Å²) in [5.41, 5.74) is 9.98. The number of H-pyrrole nitrogens is 2. The van der Waals surface area contributed by atoms with E-state index < -0.39 is 6.04 Å². The number of carbonyl (C=O) groups is 4. The van der Waals surface area contributed by atoms with E-state index in [1.54, 1.807) is 50.4 Å². The number of dihydropyridines is 1. The monoisotopic (exact) mass is 998 g/mol. The number of aromatic amines is 2. The largest absolute Gasteiger partial charge is 0.405 e. The van der Waals surface area contributed by atoms with Crippen molar-refractivity contribution in [1.29, 1.82) is 0 Å². The van der Waals surface area contributed by atoms with E-state index in [1.165, 1.54) is 17.6 Å². The molecule has 0 aromatic carbocycles. The molecule has 5 amide bonds. The van der Waals surface area contributed by atoms with Crippen molar-refractivity contribution in [1.82, 2.24) is 50.2 Å². The van der Waals surface area contributed by atoms with Crippen LogP contribution in [0.2, 0.25) is 0 Å². The van der Waals surface area contributed by atoms with Gasteiger partial charge >= 0.3 is 17.4 Å². The molecule has 4 saturated heterocycles. The van der Waals surface area contributed by atoms with Gasteiger partial charge in [0, 0.05) is 87.9 Å². The fourth-order valence-corrected chi connectivity index (χ4v) is 9.74. The molecule has 2 unspecified atom stereocenters. The lowest BCUT2D eigenvalue weighted by atomic mass is 9.91. The predicted octanol–water partition coefficient (Wildman–Crippen LogP) is 5.68. The third-order valence-electron chi connectivity index (χ3n) is 13.4. The highest BCUT2D eigenvalue weighted by Gasteiger charge is 2.32. The summed E-state index contributed by atoms with van der Waals surface area (Å²) in [7, 11) is 1.83. The number of amides is 5. The van der Waals surface area contributed by atoms with Crippen LogP contribution < -0.4 is 38.4 Å². The van der Waals surface area contributed by atoms with Gasteiger partial charge in [-0.2, -0.15) is 0 Å². The molecule has 0 bridgehead atoms. The van der Waals surface area contributed by atoms with Gasteiger partial charge in [0.2, 0.25) is 18.2 Å². The molecule has 0 radical (unpaired) electrons. The second kappa shape index (κ2) is 29.7. The molecule has 0 saturated carbocycles. The van der Waals surface area contributed by atoms with Gasteiger partial charge in [-0.1, -0.05) is 59.4 Å². The van der Waals surface area contributed by atoms with E-state index in [4.69, 9.17) is 5.73 Å². The average Bonchev–Trinajstić information content (AvgIpc) is 3.68. The molecule has 7 rings (SSSR count). The molecule has 19 heteroatoms. The molecule has 8 N–H and O–H groups in total. The van der Waals surface area contributed by atoms with Gasteiger partial charge in [-0.15, -0.1) is 0 Å². The number of aromatic nitrogens is 4. The van der Waals surface area contributed by atoms with E-state index in [-0.39, 0.29) is 53.3 Å². The minimum atomic E-state index is -0.550. The van der Waals surface area contributed by atoms with Crippen LogP contribution in [0.4, 0.5) is 10.6 Å². The van der Waals surface area contributed by atoms with Crippen LogP contribution in [0.15, 0.2) is 68.3 Å². The highest BCUT2D eigenvalue weighted by molar-refractivity contribution is 5.88.